The molecule has 1 aliphatic carbocycles. The van der Waals surface area contributed by atoms with Crippen LogP contribution in [0, 0.1) is 11.8 Å². The van der Waals surface area contributed by atoms with Crippen LogP contribution in [0.5, 0.6) is 0 Å². The highest BCUT2D eigenvalue weighted by molar-refractivity contribution is 6.00. The first-order valence-corrected chi connectivity index (χ1v) is 6.82. The summed E-state index contributed by atoms with van der Waals surface area (Å²) in [6, 6.07) is 9.31. The Hall–Kier alpha value is -1.68. The molecule has 2 bridgehead atoms. The number of likely N-dealkylation sites (tertiary alicyclic amines) is 1. The maximum Gasteiger partial charge on any atom is 0.232 e. The molecule has 1 aromatic rings. The van der Waals surface area contributed by atoms with Crippen molar-refractivity contribution >= 4 is 11.8 Å². The van der Waals surface area contributed by atoms with Crippen LogP contribution in [0.15, 0.2) is 30.3 Å². The van der Waals surface area contributed by atoms with Crippen LogP contribution in [-0.4, -0.2) is 23.3 Å². The molecule has 1 heterocycles. The number of rotatable bonds is 3. The predicted octanol–water partition coefficient (Wildman–Crippen LogP) is 1.47. The van der Waals surface area contributed by atoms with Crippen LogP contribution in [-0.2, 0) is 9.59 Å². The number of imide groups is 1. The summed E-state index contributed by atoms with van der Waals surface area (Å²) in [4.78, 5) is 25.8. The molecule has 1 aliphatic heterocycles. The van der Waals surface area contributed by atoms with E-state index in [1.807, 2.05) is 30.3 Å². The fourth-order valence-corrected chi connectivity index (χ4v) is 3.16. The van der Waals surface area contributed by atoms with E-state index in [0.29, 0.717) is 6.54 Å². The number of carbonyl (C=O) groups excluding carboxylic acids is 2. The van der Waals surface area contributed by atoms with Crippen LogP contribution < -0.4 is 5.73 Å². The van der Waals surface area contributed by atoms with Crippen molar-refractivity contribution in [3.05, 3.63) is 35.9 Å². The van der Waals surface area contributed by atoms with Crippen LogP contribution in [0.4, 0.5) is 0 Å². The standard InChI is InChI=1S/C15H18N2O2/c16-13(10-4-2-1-3-5-10)9-17-14(18)11-6-7-12(8-11)15(17)19/h1-5,11-13H,6-9,16H2. The molecule has 19 heavy (non-hydrogen) atoms. The molecule has 2 amide bonds. The molecule has 2 fully saturated rings. The molecular weight excluding hydrogens is 240 g/mol. The molecule has 1 saturated carbocycles. The van der Waals surface area contributed by atoms with E-state index < -0.39 is 0 Å². The number of nitrogens with two attached hydrogens (primary N) is 1. The van der Waals surface area contributed by atoms with Crippen molar-refractivity contribution in [3.8, 4) is 0 Å². The van der Waals surface area contributed by atoms with Gasteiger partial charge in [-0.05, 0) is 24.8 Å². The van der Waals surface area contributed by atoms with Gasteiger partial charge >= 0.3 is 0 Å². The number of fused-ring (bicyclic) bond motifs is 2. The van der Waals surface area contributed by atoms with Crippen molar-refractivity contribution in [2.75, 3.05) is 6.54 Å². The van der Waals surface area contributed by atoms with Gasteiger partial charge in [0.1, 0.15) is 0 Å². The normalized spacial score (nSPS) is 27.7. The Morgan fingerprint density at radius 2 is 1.68 bits per heavy atom. The first-order valence-electron chi connectivity index (χ1n) is 6.82. The van der Waals surface area contributed by atoms with Gasteiger partial charge in [0, 0.05) is 24.4 Å². The lowest BCUT2D eigenvalue weighted by Gasteiger charge is -2.31. The van der Waals surface area contributed by atoms with Crippen LogP contribution in [0.25, 0.3) is 0 Å². The van der Waals surface area contributed by atoms with Crippen molar-refractivity contribution < 1.29 is 9.59 Å². The fraction of sp³-hybridized carbons (Fsp3) is 0.467. The lowest BCUT2D eigenvalue weighted by Crippen LogP contribution is -2.48. The molecule has 0 aromatic heterocycles. The zero-order chi connectivity index (χ0) is 13.4. The molecule has 3 rings (SSSR count). The summed E-state index contributed by atoms with van der Waals surface area (Å²) in [5.74, 6) is 0.0478. The second-order valence-electron chi connectivity index (χ2n) is 5.51. The molecule has 4 heteroatoms. The summed E-state index contributed by atoms with van der Waals surface area (Å²) in [6.07, 6.45) is 2.45. The van der Waals surface area contributed by atoms with E-state index >= 15 is 0 Å². The molecular formula is C15H18N2O2. The first kappa shape index (κ1) is 12.4. The van der Waals surface area contributed by atoms with Gasteiger partial charge in [-0.1, -0.05) is 30.3 Å². The summed E-state index contributed by atoms with van der Waals surface area (Å²) in [5, 5.41) is 0. The second kappa shape index (κ2) is 4.78. The van der Waals surface area contributed by atoms with Gasteiger partial charge in [0.25, 0.3) is 0 Å². The molecule has 2 N–H and O–H groups in total. The maximum atomic E-state index is 12.2. The first-order chi connectivity index (χ1) is 9.16. The van der Waals surface area contributed by atoms with Gasteiger partial charge in [-0.25, -0.2) is 0 Å². The van der Waals surface area contributed by atoms with E-state index in [0.717, 1.165) is 24.8 Å². The molecule has 0 spiro atoms. The number of hydrogen-bond donors (Lipinski definition) is 1. The lowest BCUT2D eigenvalue weighted by molar-refractivity contribution is -0.153. The van der Waals surface area contributed by atoms with Crippen molar-refractivity contribution in [1.82, 2.24) is 4.90 Å². The van der Waals surface area contributed by atoms with Gasteiger partial charge in [-0.3, -0.25) is 14.5 Å². The minimum Gasteiger partial charge on any atom is -0.322 e. The van der Waals surface area contributed by atoms with E-state index in [1.54, 1.807) is 0 Å². The Bertz CT molecular complexity index is 478. The Kier molecular flexibility index (Phi) is 3.11. The van der Waals surface area contributed by atoms with Crippen molar-refractivity contribution in [2.45, 2.75) is 25.3 Å². The van der Waals surface area contributed by atoms with Crippen LogP contribution in [0.2, 0.25) is 0 Å². The van der Waals surface area contributed by atoms with Gasteiger partial charge in [0.05, 0.1) is 0 Å². The van der Waals surface area contributed by atoms with Gasteiger partial charge in [-0.15, -0.1) is 0 Å². The molecule has 100 valence electrons. The second-order valence-corrected chi connectivity index (χ2v) is 5.51. The monoisotopic (exact) mass is 258 g/mol. The summed E-state index contributed by atoms with van der Waals surface area (Å²) in [7, 11) is 0. The smallest absolute Gasteiger partial charge is 0.232 e. The van der Waals surface area contributed by atoms with Gasteiger partial charge in [0.2, 0.25) is 11.8 Å². The maximum absolute atomic E-state index is 12.2. The largest absolute Gasteiger partial charge is 0.322 e. The Morgan fingerprint density at radius 3 is 2.26 bits per heavy atom. The van der Waals surface area contributed by atoms with Gasteiger partial charge in [-0.2, -0.15) is 0 Å². The quantitative estimate of drug-likeness (QED) is 0.835. The average Bonchev–Trinajstić information content (AvgIpc) is 2.89. The van der Waals surface area contributed by atoms with E-state index in [2.05, 4.69) is 0 Å². The van der Waals surface area contributed by atoms with Gasteiger partial charge in [0.15, 0.2) is 0 Å². The minimum absolute atomic E-state index is 0.0230. The van der Waals surface area contributed by atoms with E-state index in [-0.39, 0.29) is 29.7 Å². The van der Waals surface area contributed by atoms with Crippen LogP contribution in [0.1, 0.15) is 30.9 Å². The molecule has 4 nitrogen and oxygen atoms in total. The van der Waals surface area contributed by atoms with Crippen molar-refractivity contribution in [2.24, 2.45) is 17.6 Å². The zero-order valence-corrected chi connectivity index (χ0v) is 10.8. The SMILES string of the molecule is NC(CN1C(=O)C2CCC(C2)C1=O)c1ccccc1. The van der Waals surface area contributed by atoms with Crippen molar-refractivity contribution in [3.63, 3.8) is 0 Å². The molecule has 2 aliphatic rings. The number of carbonyl (C=O) groups is 2. The lowest BCUT2D eigenvalue weighted by atomic mass is 9.96. The zero-order valence-electron chi connectivity index (χ0n) is 10.8. The van der Waals surface area contributed by atoms with Crippen LogP contribution >= 0.6 is 0 Å². The number of benzene rings is 1. The third-order valence-electron chi connectivity index (χ3n) is 4.27. The highest BCUT2D eigenvalue weighted by Gasteiger charge is 2.45. The average molecular weight is 258 g/mol. The van der Waals surface area contributed by atoms with Gasteiger partial charge < -0.3 is 5.73 Å². The number of nitrogens with zero attached hydrogens (tertiary/aromatic N) is 1. The highest BCUT2D eigenvalue weighted by Crippen LogP contribution is 2.38. The Morgan fingerprint density at radius 1 is 1.11 bits per heavy atom. The van der Waals surface area contributed by atoms with E-state index in [9.17, 15) is 9.59 Å². The van der Waals surface area contributed by atoms with Crippen LogP contribution in [0.3, 0.4) is 0 Å². The van der Waals surface area contributed by atoms with E-state index in [1.165, 1.54) is 4.90 Å². The van der Waals surface area contributed by atoms with E-state index in [4.69, 9.17) is 5.73 Å². The summed E-state index contributed by atoms with van der Waals surface area (Å²) >= 11 is 0. The molecule has 3 unspecified atom stereocenters. The molecule has 0 radical (unpaired) electrons. The van der Waals surface area contributed by atoms with Crippen molar-refractivity contribution in [1.29, 1.82) is 0 Å². The number of piperidine rings is 1. The number of hydrogen-bond acceptors (Lipinski definition) is 3. The Balaban J connectivity index is 1.76. The summed E-state index contributed by atoms with van der Waals surface area (Å²) < 4.78 is 0. The minimum atomic E-state index is -0.299. The third kappa shape index (κ3) is 2.16. The fourth-order valence-electron chi connectivity index (χ4n) is 3.16. The number of amides is 2. The molecule has 1 aromatic carbocycles. The predicted molar refractivity (Wildman–Crippen MR) is 70.9 cm³/mol. The molecule has 1 saturated heterocycles. The topological polar surface area (TPSA) is 63.4 Å². The highest BCUT2D eigenvalue weighted by atomic mass is 16.2. The summed E-state index contributed by atoms with van der Waals surface area (Å²) in [5.41, 5.74) is 7.07. The Labute approximate surface area is 112 Å². The third-order valence-corrected chi connectivity index (χ3v) is 4.27. The summed E-state index contributed by atoms with van der Waals surface area (Å²) in [6.45, 7) is 0.300. The molecule has 3 atom stereocenters.